The number of hydrogen-bond acceptors (Lipinski definition) is 6. The predicted molar refractivity (Wildman–Crippen MR) is 166 cm³/mol. The van der Waals surface area contributed by atoms with Crippen LogP contribution in [0.3, 0.4) is 0 Å². The van der Waals surface area contributed by atoms with Crippen LogP contribution < -0.4 is 16.0 Å². The second-order valence-electron chi connectivity index (χ2n) is 11.6. The number of fused-ring (bicyclic) bond motifs is 3. The largest absolute Gasteiger partial charge is 0.424 e. The maximum atomic E-state index is 14.0. The van der Waals surface area contributed by atoms with Crippen molar-refractivity contribution in [2.24, 2.45) is 5.92 Å². The number of carbonyl (C=O) groups excluding carboxylic acids is 3. The second-order valence-corrected chi connectivity index (χ2v) is 11.6. The molecule has 2 aliphatic rings. The Morgan fingerprint density at radius 1 is 0.860 bits per heavy atom. The minimum atomic E-state index is -0.836. The highest BCUT2D eigenvalue weighted by atomic mass is 16.6. The van der Waals surface area contributed by atoms with Crippen LogP contribution in [-0.4, -0.2) is 72.7 Å². The van der Waals surface area contributed by atoms with Gasteiger partial charge in [0, 0.05) is 19.6 Å². The van der Waals surface area contributed by atoms with Gasteiger partial charge in [0.05, 0.1) is 18.6 Å². The molecule has 1 heterocycles. The quantitative estimate of drug-likeness (QED) is 0.353. The van der Waals surface area contributed by atoms with E-state index in [0.717, 1.165) is 27.8 Å². The Kier molecular flexibility index (Phi) is 9.43. The molecule has 3 aromatic rings. The minimum Gasteiger partial charge on any atom is -0.424 e. The Hall–Kier alpha value is -4.21. The first-order valence-electron chi connectivity index (χ1n) is 15.0. The van der Waals surface area contributed by atoms with Gasteiger partial charge in [0.1, 0.15) is 6.04 Å². The van der Waals surface area contributed by atoms with Crippen molar-refractivity contribution in [1.29, 1.82) is 0 Å². The first-order valence-corrected chi connectivity index (χ1v) is 15.0. The molecule has 1 saturated heterocycles. The fourth-order valence-corrected chi connectivity index (χ4v) is 5.83. The zero-order chi connectivity index (χ0) is 30.5. The van der Waals surface area contributed by atoms with Gasteiger partial charge in [-0.25, -0.2) is 4.79 Å². The molecule has 226 valence electrons. The van der Waals surface area contributed by atoms with Crippen molar-refractivity contribution < 1.29 is 19.1 Å². The molecule has 0 saturated carbocycles. The molecule has 1 aliphatic carbocycles. The summed E-state index contributed by atoms with van der Waals surface area (Å²) in [5.41, 5.74) is 5.31. The number of benzene rings is 3. The Balaban J connectivity index is 1.36. The average Bonchev–Trinajstić information content (AvgIpc) is 3.32. The fourth-order valence-electron chi connectivity index (χ4n) is 5.83. The summed E-state index contributed by atoms with van der Waals surface area (Å²) in [5.74, 6) is -0.685. The monoisotopic (exact) mass is 583 g/mol. The number of amides is 3. The topological polar surface area (TPSA) is 103 Å². The zero-order valence-corrected chi connectivity index (χ0v) is 25.2. The summed E-state index contributed by atoms with van der Waals surface area (Å²) < 4.78 is 6.08. The molecule has 0 unspecified atom stereocenters. The first-order chi connectivity index (χ1) is 20.8. The van der Waals surface area contributed by atoms with Crippen LogP contribution in [0.1, 0.15) is 43.5 Å². The number of carbonyl (C=O) groups is 3. The van der Waals surface area contributed by atoms with E-state index in [1.807, 2.05) is 68.4 Å². The Bertz CT molecular complexity index is 1400. The van der Waals surface area contributed by atoms with Gasteiger partial charge in [0.2, 0.25) is 11.8 Å². The van der Waals surface area contributed by atoms with Gasteiger partial charge in [-0.3, -0.25) is 14.5 Å². The first kappa shape index (κ1) is 30.3. The van der Waals surface area contributed by atoms with Crippen LogP contribution in [0.25, 0.3) is 11.1 Å². The molecule has 5 rings (SSSR count). The molecule has 0 radical (unpaired) electrons. The van der Waals surface area contributed by atoms with Crippen LogP contribution in [0.5, 0.6) is 0 Å². The van der Waals surface area contributed by atoms with Crippen molar-refractivity contribution in [1.82, 2.24) is 25.8 Å². The highest BCUT2D eigenvalue weighted by Gasteiger charge is 2.39. The minimum absolute atomic E-state index is 0.163. The normalized spacial score (nSPS) is 18.0. The summed E-state index contributed by atoms with van der Waals surface area (Å²) in [7, 11) is 1.70. The molecule has 0 spiro atoms. The third-order valence-corrected chi connectivity index (χ3v) is 8.35. The van der Waals surface area contributed by atoms with Gasteiger partial charge >= 0.3 is 6.09 Å². The number of nitrogens with zero attached hydrogens (tertiary/aromatic N) is 2. The lowest BCUT2D eigenvalue weighted by molar-refractivity contribution is -0.153. The van der Waals surface area contributed by atoms with Crippen LogP contribution in [0, 0.1) is 5.92 Å². The maximum absolute atomic E-state index is 14.0. The van der Waals surface area contributed by atoms with E-state index in [1.165, 1.54) is 0 Å². The van der Waals surface area contributed by atoms with Crippen molar-refractivity contribution in [3.63, 3.8) is 0 Å². The van der Waals surface area contributed by atoms with E-state index in [0.29, 0.717) is 26.2 Å². The molecule has 3 aromatic carbocycles. The van der Waals surface area contributed by atoms with Gasteiger partial charge < -0.3 is 25.6 Å². The highest BCUT2D eigenvalue weighted by Crippen LogP contribution is 2.43. The van der Waals surface area contributed by atoms with Gasteiger partial charge in [-0.05, 0) is 47.7 Å². The third kappa shape index (κ3) is 6.73. The van der Waals surface area contributed by atoms with Crippen molar-refractivity contribution in [2.75, 3.05) is 26.7 Å². The van der Waals surface area contributed by atoms with E-state index >= 15 is 0 Å². The Morgan fingerprint density at radius 3 is 2.07 bits per heavy atom. The summed E-state index contributed by atoms with van der Waals surface area (Å²) in [4.78, 5) is 44.1. The summed E-state index contributed by atoms with van der Waals surface area (Å²) in [6.07, 6.45) is -1.44. The van der Waals surface area contributed by atoms with Crippen molar-refractivity contribution in [2.45, 2.75) is 51.7 Å². The molecule has 9 heteroatoms. The van der Waals surface area contributed by atoms with Gasteiger partial charge in [0.25, 0.3) is 0 Å². The van der Waals surface area contributed by atoms with E-state index in [9.17, 15) is 14.4 Å². The SMILES string of the molecule is CN[C@@H](C)C(=O)N[C@H](C(=O)N1CCN(Cc2ccccc2)C[C@@H]1OC(=O)NC1c2ccccc2-c2ccccc21)C(C)C. The zero-order valence-electron chi connectivity index (χ0n) is 25.2. The van der Waals surface area contributed by atoms with Crippen LogP contribution in [0.4, 0.5) is 4.79 Å². The molecular weight excluding hydrogens is 542 g/mol. The Labute approximate surface area is 253 Å². The molecule has 3 atom stereocenters. The van der Waals surface area contributed by atoms with Gasteiger partial charge in [-0.1, -0.05) is 92.7 Å². The van der Waals surface area contributed by atoms with Crippen LogP contribution in [-0.2, 0) is 20.9 Å². The molecule has 3 amide bonds. The van der Waals surface area contributed by atoms with Crippen LogP contribution in [0.2, 0.25) is 0 Å². The molecular formula is C34H41N5O4. The predicted octanol–water partition coefficient (Wildman–Crippen LogP) is 3.90. The fraction of sp³-hybridized carbons (Fsp3) is 0.382. The number of piperazine rings is 1. The smallest absolute Gasteiger partial charge is 0.409 e. The molecule has 0 aromatic heterocycles. The number of alkyl carbamates (subject to hydrolysis) is 1. The van der Waals surface area contributed by atoms with Crippen LogP contribution >= 0.6 is 0 Å². The molecule has 1 aliphatic heterocycles. The molecule has 1 fully saturated rings. The molecule has 3 N–H and O–H groups in total. The standard InChI is InChI=1S/C34H41N5O4/c1-22(2)30(36-32(40)23(3)35-4)33(41)39-19-18-38(20-24-12-6-5-7-13-24)21-29(39)43-34(42)37-31-27-16-10-8-14-25(27)26-15-9-11-17-28(26)31/h5-17,22-23,29-31,35H,18-21H2,1-4H3,(H,36,40)(H,37,42)/t23-,29-,30-/m0/s1. The lowest BCUT2D eigenvalue weighted by Crippen LogP contribution is -2.62. The lowest BCUT2D eigenvalue weighted by atomic mass is 10.0. The van der Waals surface area contributed by atoms with Crippen molar-refractivity contribution in [3.05, 3.63) is 95.6 Å². The third-order valence-electron chi connectivity index (χ3n) is 8.35. The summed E-state index contributed by atoms with van der Waals surface area (Å²) in [6, 6.07) is 24.6. The Morgan fingerprint density at radius 2 is 1.47 bits per heavy atom. The number of nitrogens with one attached hydrogen (secondary N) is 3. The number of rotatable bonds is 9. The van der Waals surface area contributed by atoms with E-state index in [2.05, 4.69) is 45.1 Å². The van der Waals surface area contributed by atoms with E-state index in [1.54, 1.807) is 18.9 Å². The second kappa shape index (κ2) is 13.4. The van der Waals surface area contributed by atoms with Crippen LogP contribution in [0.15, 0.2) is 78.9 Å². The van der Waals surface area contributed by atoms with Gasteiger partial charge in [-0.2, -0.15) is 0 Å². The lowest BCUT2D eigenvalue weighted by Gasteiger charge is -2.42. The number of hydrogen-bond donors (Lipinski definition) is 3. The summed E-state index contributed by atoms with van der Waals surface area (Å²) in [5, 5.41) is 8.90. The number of ether oxygens (including phenoxy) is 1. The summed E-state index contributed by atoms with van der Waals surface area (Å²) in [6.45, 7) is 7.52. The van der Waals surface area contributed by atoms with Gasteiger partial charge in [-0.15, -0.1) is 0 Å². The molecule has 43 heavy (non-hydrogen) atoms. The van der Waals surface area contributed by atoms with E-state index < -0.39 is 24.4 Å². The van der Waals surface area contributed by atoms with Crippen molar-refractivity contribution >= 4 is 17.9 Å². The summed E-state index contributed by atoms with van der Waals surface area (Å²) >= 11 is 0. The number of likely N-dealkylation sites (N-methyl/N-ethyl adjacent to an activating group) is 1. The average molecular weight is 584 g/mol. The highest BCUT2D eigenvalue weighted by molar-refractivity contribution is 5.90. The van der Waals surface area contributed by atoms with Crippen molar-refractivity contribution in [3.8, 4) is 11.1 Å². The van der Waals surface area contributed by atoms with E-state index in [-0.39, 0.29) is 23.8 Å². The molecule has 0 bridgehead atoms. The maximum Gasteiger partial charge on any atom is 0.409 e. The van der Waals surface area contributed by atoms with E-state index in [4.69, 9.17) is 4.74 Å². The van der Waals surface area contributed by atoms with Gasteiger partial charge in [0.15, 0.2) is 6.23 Å². The molecule has 9 nitrogen and oxygen atoms in total.